The van der Waals surface area contributed by atoms with Gasteiger partial charge in [-0.3, -0.25) is 0 Å². The highest BCUT2D eigenvalue weighted by Crippen LogP contribution is 2.28. The number of imidazole rings is 1. The van der Waals surface area contributed by atoms with Crippen LogP contribution in [0.2, 0.25) is 0 Å². The van der Waals surface area contributed by atoms with Gasteiger partial charge in [0, 0.05) is 23.9 Å². The lowest BCUT2D eigenvalue weighted by molar-refractivity contribution is 0.593. The number of aromatic nitrogens is 2. The van der Waals surface area contributed by atoms with Gasteiger partial charge in [0.2, 0.25) is 0 Å². The summed E-state index contributed by atoms with van der Waals surface area (Å²) in [4.78, 5) is 7.98. The lowest BCUT2D eigenvalue weighted by atomic mass is 9.84. The molecule has 102 valence electrons. The molecule has 0 aliphatic heterocycles. The molecule has 0 aliphatic rings. The van der Waals surface area contributed by atoms with Crippen molar-refractivity contribution >= 4 is 0 Å². The van der Waals surface area contributed by atoms with Gasteiger partial charge in [-0.05, 0) is 32.4 Å². The first-order valence-electron chi connectivity index (χ1n) is 6.95. The summed E-state index contributed by atoms with van der Waals surface area (Å²) in [5, 5.41) is 3.38. The van der Waals surface area contributed by atoms with Gasteiger partial charge in [-0.25, -0.2) is 4.98 Å². The molecular formula is C16H23N3. The van der Waals surface area contributed by atoms with Crippen LogP contribution in [0.3, 0.4) is 0 Å². The van der Waals surface area contributed by atoms with Crippen molar-refractivity contribution in [2.45, 2.75) is 39.2 Å². The van der Waals surface area contributed by atoms with E-state index in [1.807, 2.05) is 12.3 Å². The van der Waals surface area contributed by atoms with Crippen molar-refractivity contribution in [1.29, 1.82) is 0 Å². The SMILES string of the molecule is CCCNCc1cnc(C(C)(C)c2ccccc2)[nH]1. The second-order valence-electron chi connectivity index (χ2n) is 5.42. The van der Waals surface area contributed by atoms with Crippen LogP contribution in [0.5, 0.6) is 0 Å². The fourth-order valence-electron chi connectivity index (χ4n) is 2.16. The van der Waals surface area contributed by atoms with Gasteiger partial charge in [0.15, 0.2) is 0 Å². The third-order valence-corrected chi connectivity index (χ3v) is 3.46. The molecule has 0 fully saturated rings. The molecule has 2 aromatic rings. The molecule has 0 saturated heterocycles. The lowest BCUT2D eigenvalue weighted by Gasteiger charge is -2.22. The Balaban J connectivity index is 2.13. The summed E-state index contributed by atoms with van der Waals surface area (Å²) in [6.07, 6.45) is 3.08. The van der Waals surface area contributed by atoms with Gasteiger partial charge in [-0.1, -0.05) is 37.3 Å². The molecule has 3 nitrogen and oxygen atoms in total. The highest BCUT2D eigenvalue weighted by molar-refractivity contribution is 5.31. The van der Waals surface area contributed by atoms with Crippen molar-refractivity contribution in [2.75, 3.05) is 6.54 Å². The Morgan fingerprint density at radius 3 is 2.63 bits per heavy atom. The predicted molar refractivity (Wildman–Crippen MR) is 79.2 cm³/mol. The average Bonchev–Trinajstić information content (AvgIpc) is 2.90. The Hall–Kier alpha value is -1.61. The Bertz CT molecular complexity index is 500. The number of benzene rings is 1. The molecule has 0 atom stereocenters. The smallest absolute Gasteiger partial charge is 0.116 e. The topological polar surface area (TPSA) is 40.7 Å². The van der Waals surface area contributed by atoms with Crippen molar-refractivity contribution in [1.82, 2.24) is 15.3 Å². The maximum Gasteiger partial charge on any atom is 0.116 e. The number of aromatic amines is 1. The normalized spacial score (nSPS) is 11.7. The van der Waals surface area contributed by atoms with E-state index in [4.69, 9.17) is 0 Å². The van der Waals surface area contributed by atoms with E-state index in [0.29, 0.717) is 0 Å². The van der Waals surface area contributed by atoms with Gasteiger partial charge in [0.25, 0.3) is 0 Å². The molecule has 1 heterocycles. The standard InChI is InChI=1S/C16H23N3/c1-4-10-17-11-14-12-18-15(19-14)16(2,3)13-8-6-5-7-9-13/h5-9,12,17H,4,10-11H2,1-3H3,(H,18,19). The van der Waals surface area contributed by atoms with Crippen molar-refractivity contribution in [3.63, 3.8) is 0 Å². The minimum absolute atomic E-state index is 0.0930. The summed E-state index contributed by atoms with van der Waals surface area (Å²) in [7, 11) is 0. The lowest BCUT2D eigenvalue weighted by Crippen LogP contribution is -2.21. The van der Waals surface area contributed by atoms with Crippen LogP contribution in [-0.2, 0) is 12.0 Å². The largest absolute Gasteiger partial charge is 0.344 e. The second-order valence-corrected chi connectivity index (χ2v) is 5.42. The number of hydrogen-bond acceptors (Lipinski definition) is 2. The molecule has 19 heavy (non-hydrogen) atoms. The highest BCUT2D eigenvalue weighted by atomic mass is 15.0. The van der Waals surface area contributed by atoms with Crippen LogP contribution in [-0.4, -0.2) is 16.5 Å². The van der Waals surface area contributed by atoms with Gasteiger partial charge >= 0.3 is 0 Å². The summed E-state index contributed by atoms with van der Waals surface area (Å²) in [6, 6.07) is 10.5. The van der Waals surface area contributed by atoms with Crippen LogP contribution in [0.1, 0.15) is 44.3 Å². The van der Waals surface area contributed by atoms with Gasteiger partial charge in [0.1, 0.15) is 5.82 Å². The highest BCUT2D eigenvalue weighted by Gasteiger charge is 2.25. The van der Waals surface area contributed by atoms with Crippen LogP contribution in [0, 0.1) is 0 Å². The number of rotatable bonds is 6. The Kier molecular flexibility index (Phi) is 4.38. The van der Waals surface area contributed by atoms with Crippen molar-refractivity contribution in [3.8, 4) is 0 Å². The van der Waals surface area contributed by atoms with Gasteiger partial charge < -0.3 is 10.3 Å². The molecule has 0 bridgehead atoms. The van der Waals surface area contributed by atoms with Gasteiger partial charge in [-0.15, -0.1) is 0 Å². The molecule has 2 N–H and O–H groups in total. The number of hydrogen-bond donors (Lipinski definition) is 2. The van der Waals surface area contributed by atoms with Crippen LogP contribution < -0.4 is 5.32 Å². The summed E-state index contributed by atoms with van der Waals surface area (Å²) in [6.45, 7) is 8.46. The summed E-state index contributed by atoms with van der Waals surface area (Å²) in [5.41, 5.74) is 2.33. The van der Waals surface area contributed by atoms with Crippen molar-refractivity contribution in [2.24, 2.45) is 0 Å². The fraction of sp³-hybridized carbons (Fsp3) is 0.438. The molecule has 0 spiro atoms. The molecular weight excluding hydrogens is 234 g/mol. The Labute approximate surface area is 115 Å². The van der Waals surface area contributed by atoms with Gasteiger partial charge in [0.05, 0.1) is 0 Å². The predicted octanol–water partition coefficient (Wildman–Crippen LogP) is 3.24. The molecule has 1 aromatic carbocycles. The van der Waals surface area contributed by atoms with Gasteiger partial charge in [-0.2, -0.15) is 0 Å². The maximum absolute atomic E-state index is 4.55. The summed E-state index contributed by atoms with van der Waals surface area (Å²) >= 11 is 0. The van der Waals surface area contributed by atoms with E-state index < -0.39 is 0 Å². The molecule has 0 radical (unpaired) electrons. The van der Waals surface area contributed by atoms with E-state index in [1.165, 1.54) is 5.56 Å². The van der Waals surface area contributed by atoms with E-state index in [1.54, 1.807) is 0 Å². The number of nitrogens with one attached hydrogen (secondary N) is 2. The fourth-order valence-corrected chi connectivity index (χ4v) is 2.16. The van der Waals surface area contributed by atoms with Crippen LogP contribution in [0.4, 0.5) is 0 Å². The molecule has 0 amide bonds. The van der Waals surface area contributed by atoms with Crippen LogP contribution in [0.15, 0.2) is 36.5 Å². The van der Waals surface area contributed by atoms with Crippen LogP contribution in [0.25, 0.3) is 0 Å². The molecule has 2 rings (SSSR count). The second kappa shape index (κ2) is 6.02. The summed E-state index contributed by atoms with van der Waals surface area (Å²) in [5.74, 6) is 1.02. The molecule has 0 unspecified atom stereocenters. The zero-order chi connectivity index (χ0) is 13.7. The van der Waals surface area contributed by atoms with E-state index in [2.05, 4.69) is 60.3 Å². The quantitative estimate of drug-likeness (QED) is 0.780. The number of H-pyrrole nitrogens is 1. The Morgan fingerprint density at radius 1 is 1.21 bits per heavy atom. The molecule has 0 saturated carbocycles. The van der Waals surface area contributed by atoms with Crippen LogP contribution >= 0.6 is 0 Å². The maximum atomic E-state index is 4.55. The first-order valence-corrected chi connectivity index (χ1v) is 6.95. The third kappa shape index (κ3) is 3.24. The van der Waals surface area contributed by atoms with Crippen molar-refractivity contribution in [3.05, 3.63) is 53.6 Å². The molecule has 0 aliphatic carbocycles. The molecule has 3 heteroatoms. The van der Waals surface area contributed by atoms with E-state index in [-0.39, 0.29) is 5.41 Å². The summed E-state index contributed by atoms with van der Waals surface area (Å²) < 4.78 is 0. The minimum atomic E-state index is -0.0930. The Morgan fingerprint density at radius 2 is 1.95 bits per heavy atom. The first kappa shape index (κ1) is 13.8. The van der Waals surface area contributed by atoms with Crippen molar-refractivity contribution < 1.29 is 0 Å². The van der Waals surface area contributed by atoms with E-state index in [0.717, 1.165) is 31.0 Å². The minimum Gasteiger partial charge on any atom is -0.344 e. The monoisotopic (exact) mass is 257 g/mol. The third-order valence-electron chi connectivity index (χ3n) is 3.46. The zero-order valence-corrected chi connectivity index (χ0v) is 12.0. The zero-order valence-electron chi connectivity index (χ0n) is 12.0. The van der Waals surface area contributed by atoms with E-state index >= 15 is 0 Å². The molecule has 1 aromatic heterocycles. The average molecular weight is 257 g/mol. The first-order chi connectivity index (χ1) is 9.14. The van der Waals surface area contributed by atoms with E-state index in [9.17, 15) is 0 Å². The number of nitrogens with zero attached hydrogens (tertiary/aromatic N) is 1.